The third-order valence-corrected chi connectivity index (χ3v) is 3.58. The van der Waals surface area contributed by atoms with Crippen molar-refractivity contribution < 1.29 is 0 Å². The number of benzene rings is 1. The van der Waals surface area contributed by atoms with Gasteiger partial charge in [0.05, 0.1) is 5.69 Å². The lowest BCUT2D eigenvalue weighted by molar-refractivity contribution is 0.876. The minimum absolute atomic E-state index is 0.0826. The van der Waals surface area contributed by atoms with Crippen molar-refractivity contribution >= 4 is 17.2 Å². The number of nitrogens with zero attached hydrogens (tertiary/aromatic N) is 2. The van der Waals surface area contributed by atoms with Crippen LogP contribution in [-0.2, 0) is 0 Å². The Kier molecular flexibility index (Phi) is 2.68. The Morgan fingerprint density at radius 3 is 2.74 bits per heavy atom. The third kappa shape index (κ3) is 1.85. The molecule has 96 valence electrons. The van der Waals surface area contributed by atoms with Gasteiger partial charge in [-0.1, -0.05) is 29.8 Å². The molecule has 1 N–H and O–H groups in total. The van der Waals surface area contributed by atoms with E-state index in [-0.39, 0.29) is 5.56 Å². The van der Waals surface area contributed by atoms with E-state index in [1.54, 1.807) is 6.92 Å². The second-order valence-electron chi connectivity index (χ2n) is 4.47. The molecule has 19 heavy (non-hydrogen) atoms. The number of nitrogens with one attached hydrogen (secondary N) is 1. The predicted octanol–water partition coefficient (Wildman–Crippen LogP) is 2.96. The summed E-state index contributed by atoms with van der Waals surface area (Å²) in [6.07, 6.45) is 0. The van der Waals surface area contributed by atoms with E-state index < -0.39 is 0 Å². The zero-order chi connectivity index (χ0) is 13.6. The summed E-state index contributed by atoms with van der Waals surface area (Å²) in [6.45, 7) is 3.60. The van der Waals surface area contributed by atoms with Gasteiger partial charge in [0, 0.05) is 27.9 Å². The molecule has 0 saturated heterocycles. The van der Waals surface area contributed by atoms with Crippen LogP contribution in [0.3, 0.4) is 0 Å². The summed E-state index contributed by atoms with van der Waals surface area (Å²) >= 11 is 6.16. The zero-order valence-corrected chi connectivity index (χ0v) is 11.3. The molecule has 0 radical (unpaired) electrons. The van der Waals surface area contributed by atoms with E-state index in [1.807, 2.05) is 37.3 Å². The van der Waals surface area contributed by atoms with Crippen molar-refractivity contribution in [3.05, 3.63) is 57.0 Å². The number of aromatic nitrogens is 3. The standard InChI is InChI=1S/C14H12ClN3O/c1-8-9(2)16-13-7-12(17-18(13)14(8)19)10-5-3-4-6-11(10)15/h3-7,17H,1-2H3. The summed E-state index contributed by atoms with van der Waals surface area (Å²) in [5.41, 5.74) is 3.54. The molecule has 5 heteroatoms. The molecule has 3 aromatic rings. The second kappa shape index (κ2) is 4.24. The highest BCUT2D eigenvalue weighted by Gasteiger charge is 2.11. The van der Waals surface area contributed by atoms with Crippen LogP contribution < -0.4 is 5.56 Å². The van der Waals surface area contributed by atoms with Gasteiger partial charge in [0.1, 0.15) is 0 Å². The molecule has 0 bridgehead atoms. The quantitative estimate of drug-likeness (QED) is 0.741. The molecule has 2 heterocycles. The predicted molar refractivity (Wildman–Crippen MR) is 75.7 cm³/mol. The van der Waals surface area contributed by atoms with Gasteiger partial charge >= 0.3 is 0 Å². The second-order valence-corrected chi connectivity index (χ2v) is 4.88. The molecule has 3 rings (SSSR count). The summed E-state index contributed by atoms with van der Waals surface area (Å²) < 4.78 is 1.45. The first-order valence-electron chi connectivity index (χ1n) is 5.92. The average molecular weight is 274 g/mol. The van der Waals surface area contributed by atoms with Gasteiger partial charge in [-0.3, -0.25) is 9.89 Å². The van der Waals surface area contributed by atoms with Crippen LogP contribution in [0.25, 0.3) is 16.9 Å². The first kappa shape index (κ1) is 12.0. The van der Waals surface area contributed by atoms with Gasteiger partial charge in [0.2, 0.25) is 0 Å². The van der Waals surface area contributed by atoms with E-state index in [9.17, 15) is 4.79 Å². The Bertz CT molecular complexity index is 832. The van der Waals surface area contributed by atoms with Gasteiger partial charge in [-0.05, 0) is 19.9 Å². The number of aromatic amines is 1. The van der Waals surface area contributed by atoms with E-state index in [4.69, 9.17) is 11.6 Å². The fraction of sp³-hybridized carbons (Fsp3) is 0.143. The lowest BCUT2D eigenvalue weighted by Gasteiger charge is -2.00. The van der Waals surface area contributed by atoms with Crippen LogP contribution in [0.15, 0.2) is 35.1 Å². The fourth-order valence-electron chi connectivity index (χ4n) is 2.04. The number of hydrogen-bond acceptors (Lipinski definition) is 2. The van der Waals surface area contributed by atoms with Crippen LogP contribution >= 0.6 is 11.6 Å². The Morgan fingerprint density at radius 1 is 1.26 bits per heavy atom. The maximum atomic E-state index is 12.1. The first-order chi connectivity index (χ1) is 9.08. The molecule has 0 aliphatic carbocycles. The van der Waals surface area contributed by atoms with Crippen LogP contribution in [-0.4, -0.2) is 14.6 Å². The van der Waals surface area contributed by atoms with Crippen LogP contribution in [0.4, 0.5) is 0 Å². The van der Waals surface area contributed by atoms with Crippen molar-refractivity contribution in [2.45, 2.75) is 13.8 Å². The van der Waals surface area contributed by atoms with E-state index in [0.717, 1.165) is 17.0 Å². The molecular formula is C14H12ClN3O. The van der Waals surface area contributed by atoms with Crippen molar-refractivity contribution in [3.63, 3.8) is 0 Å². The van der Waals surface area contributed by atoms with E-state index in [1.165, 1.54) is 4.52 Å². The van der Waals surface area contributed by atoms with Gasteiger partial charge in [0.15, 0.2) is 5.65 Å². The average Bonchev–Trinajstić information content (AvgIpc) is 2.80. The highest BCUT2D eigenvalue weighted by molar-refractivity contribution is 6.33. The monoisotopic (exact) mass is 273 g/mol. The largest absolute Gasteiger partial charge is 0.289 e. The minimum Gasteiger partial charge on any atom is -0.289 e. The lowest BCUT2D eigenvalue weighted by Crippen LogP contribution is -2.19. The van der Waals surface area contributed by atoms with Crippen molar-refractivity contribution in [2.75, 3.05) is 0 Å². The number of aryl methyl sites for hydroxylation is 1. The van der Waals surface area contributed by atoms with Crippen LogP contribution in [0, 0.1) is 13.8 Å². The van der Waals surface area contributed by atoms with Crippen molar-refractivity contribution in [1.82, 2.24) is 14.6 Å². The van der Waals surface area contributed by atoms with Gasteiger partial charge in [0.25, 0.3) is 5.56 Å². The molecule has 0 saturated carbocycles. The SMILES string of the molecule is Cc1nc2cc(-c3ccccc3Cl)[nH]n2c(=O)c1C. The molecule has 2 aromatic heterocycles. The third-order valence-electron chi connectivity index (χ3n) is 3.25. The van der Waals surface area contributed by atoms with Gasteiger partial charge in [-0.2, -0.15) is 0 Å². The van der Waals surface area contributed by atoms with E-state index in [0.29, 0.717) is 16.2 Å². The lowest BCUT2D eigenvalue weighted by atomic mass is 10.1. The summed E-state index contributed by atoms with van der Waals surface area (Å²) in [6, 6.07) is 9.31. The molecule has 0 atom stereocenters. The number of halogens is 1. The van der Waals surface area contributed by atoms with E-state index >= 15 is 0 Å². The van der Waals surface area contributed by atoms with Crippen molar-refractivity contribution in [3.8, 4) is 11.3 Å². The van der Waals surface area contributed by atoms with Crippen LogP contribution in [0.2, 0.25) is 5.02 Å². The van der Waals surface area contributed by atoms with Gasteiger partial charge in [-0.15, -0.1) is 0 Å². The van der Waals surface area contributed by atoms with Crippen LogP contribution in [0.5, 0.6) is 0 Å². The summed E-state index contributed by atoms with van der Waals surface area (Å²) in [7, 11) is 0. The molecule has 0 fully saturated rings. The topological polar surface area (TPSA) is 50.2 Å². The minimum atomic E-state index is -0.0826. The Labute approximate surface area is 114 Å². The van der Waals surface area contributed by atoms with Crippen molar-refractivity contribution in [1.29, 1.82) is 0 Å². The Morgan fingerprint density at radius 2 is 2.00 bits per heavy atom. The highest BCUT2D eigenvalue weighted by atomic mass is 35.5. The maximum absolute atomic E-state index is 12.1. The summed E-state index contributed by atoms with van der Waals surface area (Å²) in [5, 5.41) is 3.68. The number of H-pyrrole nitrogens is 1. The molecule has 0 unspecified atom stereocenters. The molecular weight excluding hydrogens is 262 g/mol. The van der Waals surface area contributed by atoms with Crippen molar-refractivity contribution in [2.24, 2.45) is 0 Å². The fourth-order valence-corrected chi connectivity index (χ4v) is 2.27. The molecule has 0 amide bonds. The van der Waals surface area contributed by atoms with Crippen LogP contribution in [0.1, 0.15) is 11.3 Å². The van der Waals surface area contributed by atoms with Gasteiger partial charge < -0.3 is 0 Å². The van der Waals surface area contributed by atoms with E-state index in [2.05, 4.69) is 10.1 Å². The number of rotatable bonds is 1. The Hall–Kier alpha value is -2.07. The summed E-state index contributed by atoms with van der Waals surface area (Å²) in [5.74, 6) is 0. The Balaban J connectivity index is 2.32. The molecule has 0 aliphatic heterocycles. The first-order valence-corrected chi connectivity index (χ1v) is 6.29. The smallest absolute Gasteiger partial charge is 0.275 e. The normalized spacial score (nSPS) is 11.1. The number of fused-ring (bicyclic) bond motifs is 1. The molecule has 1 aromatic carbocycles. The molecule has 4 nitrogen and oxygen atoms in total. The molecule has 0 aliphatic rings. The zero-order valence-electron chi connectivity index (χ0n) is 10.6. The highest BCUT2D eigenvalue weighted by Crippen LogP contribution is 2.26. The molecule has 0 spiro atoms. The summed E-state index contributed by atoms with van der Waals surface area (Å²) in [4.78, 5) is 16.5. The maximum Gasteiger partial charge on any atom is 0.275 e. The van der Waals surface area contributed by atoms with Gasteiger partial charge in [-0.25, -0.2) is 9.50 Å². The number of hydrogen-bond donors (Lipinski definition) is 1.